The van der Waals surface area contributed by atoms with Gasteiger partial charge in [0.2, 0.25) is 0 Å². The fourth-order valence-corrected chi connectivity index (χ4v) is 6.07. The van der Waals surface area contributed by atoms with Crippen LogP contribution in [0.2, 0.25) is 0 Å². The average molecular weight is 453 g/mol. The highest BCUT2D eigenvalue weighted by Gasteiger charge is 2.45. The predicted molar refractivity (Wildman–Crippen MR) is 149 cm³/mol. The van der Waals surface area contributed by atoms with Gasteiger partial charge in [-0.3, -0.25) is 0 Å². The van der Waals surface area contributed by atoms with Crippen molar-refractivity contribution in [3.8, 4) is 11.1 Å². The van der Waals surface area contributed by atoms with E-state index in [9.17, 15) is 0 Å². The maximum atomic E-state index is 2.59. The van der Waals surface area contributed by atoms with Crippen LogP contribution in [0.25, 0.3) is 11.1 Å². The molecule has 0 bridgehead atoms. The molecule has 0 spiro atoms. The van der Waals surface area contributed by atoms with Crippen LogP contribution in [0.1, 0.15) is 119 Å². The van der Waals surface area contributed by atoms with Gasteiger partial charge in [-0.2, -0.15) is 0 Å². The Labute approximate surface area is 208 Å². The van der Waals surface area contributed by atoms with Crippen LogP contribution in [0, 0.1) is 6.92 Å². The second-order valence-corrected chi connectivity index (χ2v) is 11.2. The fourth-order valence-electron chi connectivity index (χ4n) is 6.07. The molecule has 0 saturated heterocycles. The molecule has 34 heavy (non-hydrogen) atoms. The number of aryl methyl sites for hydroxylation is 1. The summed E-state index contributed by atoms with van der Waals surface area (Å²) in [7, 11) is 0. The molecular weight excluding hydrogens is 408 g/mol. The van der Waals surface area contributed by atoms with E-state index in [4.69, 9.17) is 0 Å². The highest BCUT2D eigenvalue weighted by Crippen LogP contribution is 2.56. The van der Waals surface area contributed by atoms with Crippen LogP contribution in [-0.4, -0.2) is 0 Å². The largest absolute Gasteiger partial charge is 0.0654 e. The summed E-state index contributed by atoms with van der Waals surface area (Å²) in [5.74, 6) is 0.630. The van der Waals surface area contributed by atoms with E-state index >= 15 is 0 Å². The normalized spacial score (nSPS) is 17.2. The summed E-state index contributed by atoms with van der Waals surface area (Å²) >= 11 is 0. The smallest absolute Gasteiger partial charge is 0.0463 e. The molecule has 3 aromatic rings. The third-order valence-corrected chi connectivity index (χ3v) is 8.84. The van der Waals surface area contributed by atoms with Crippen LogP contribution in [-0.2, 0) is 10.8 Å². The molecule has 0 heterocycles. The number of rotatable bonds is 9. The Morgan fingerprint density at radius 2 is 1.38 bits per heavy atom. The summed E-state index contributed by atoms with van der Waals surface area (Å²) < 4.78 is 0. The van der Waals surface area contributed by atoms with Crippen molar-refractivity contribution < 1.29 is 0 Å². The summed E-state index contributed by atoms with van der Waals surface area (Å²) in [5.41, 5.74) is 11.8. The lowest BCUT2D eigenvalue weighted by atomic mass is 9.67. The Kier molecular flexibility index (Phi) is 7.09. The van der Waals surface area contributed by atoms with Gasteiger partial charge in [-0.25, -0.2) is 0 Å². The van der Waals surface area contributed by atoms with Gasteiger partial charge in [-0.1, -0.05) is 121 Å². The maximum Gasteiger partial charge on any atom is 0.0463 e. The molecule has 1 aliphatic rings. The molecule has 0 fully saturated rings. The fraction of sp³-hybridized carbons (Fsp3) is 0.471. The molecule has 3 aromatic carbocycles. The summed E-state index contributed by atoms with van der Waals surface area (Å²) in [6.45, 7) is 16.3. The van der Waals surface area contributed by atoms with Gasteiger partial charge in [0, 0.05) is 5.41 Å². The highest BCUT2D eigenvalue weighted by molar-refractivity contribution is 5.84. The van der Waals surface area contributed by atoms with Crippen LogP contribution in [0.15, 0.2) is 60.7 Å². The standard InChI is InChI=1S/C34H44/c1-8-12-21-34(27-16-13-24(5)14-17-27)31-22-26(25(9-2)10-3)15-19-29(31)30-20-18-28(23-32(30)34)33(6,7)11-4/h13-20,22-23,25H,8-12,21H2,1-7H3. The van der Waals surface area contributed by atoms with Crippen LogP contribution in [0.5, 0.6) is 0 Å². The van der Waals surface area contributed by atoms with Crippen molar-refractivity contribution in [2.75, 3.05) is 0 Å². The van der Waals surface area contributed by atoms with E-state index in [1.165, 1.54) is 70.2 Å². The number of hydrogen-bond donors (Lipinski definition) is 0. The lowest BCUT2D eigenvalue weighted by Crippen LogP contribution is -2.28. The first kappa shape index (κ1) is 24.8. The monoisotopic (exact) mass is 452 g/mol. The van der Waals surface area contributed by atoms with Crippen LogP contribution in [0.3, 0.4) is 0 Å². The molecule has 1 unspecified atom stereocenters. The van der Waals surface area contributed by atoms with Gasteiger partial charge in [0.05, 0.1) is 0 Å². The molecule has 4 rings (SSSR count). The molecule has 0 saturated carbocycles. The van der Waals surface area contributed by atoms with Crippen molar-refractivity contribution in [3.63, 3.8) is 0 Å². The lowest BCUT2D eigenvalue weighted by Gasteiger charge is -2.35. The van der Waals surface area contributed by atoms with Gasteiger partial charge in [0.1, 0.15) is 0 Å². The van der Waals surface area contributed by atoms with Crippen molar-refractivity contribution in [3.05, 3.63) is 94.0 Å². The minimum absolute atomic E-state index is 0.0732. The zero-order valence-electron chi connectivity index (χ0n) is 22.6. The van der Waals surface area contributed by atoms with E-state index in [1.54, 1.807) is 0 Å². The molecule has 0 amide bonds. The second kappa shape index (κ2) is 9.73. The topological polar surface area (TPSA) is 0 Å². The first-order valence-corrected chi connectivity index (χ1v) is 13.7. The Balaban J connectivity index is 2.05. The van der Waals surface area contributed by atoms with Crippen molar-refractivity contribution in [2.24, 2.45) is 0 Å². The lowest BCUT2D eigenvalue weighted by molar-refractivity contribution is 0.500. The second-order valence-electron chi connectivity index (χ2n) is 11.2. The van der Waals surface area contributed by atoms with Gasteiger partial charge >= 0.3 is 0 Å². The molecule has 1 atom stereocenters. The van der Waals surface area contributed by atoms with Crippen LogP contribution < -0.4 is 0 Å². The van der Waals surface area contributed by atoms with E-state index in [2.05, 4.69) is 109 Å². The number of benzene rings is 3. The molecule has 0 aliphatic heterocycles. The first-order valence-electron chi connectivity index (χ1n) is 13.7. The van der Waals surface area contributed by atoms with Gasteiger partial charge < -0.3 is 0 Å². The van der Waals surface area contributed by atoms with Crippen molar-refractivity contribution in [1.29, 1.82) is 0 Å². The van der Waals surface area contributed by atoms with Crippen LogP contribution >= 0.6 is 0 Å². The van der Waals surface area contributed by atoms with E-state index in [0.717, 1.165) is 12.8 Å². The SMILES string of the molecule is CCCCC1(c2ccc(C)cc2)c2cc(C(CC)CC)ccc2-c2ccc(C(C)(C)CC)cc21. The molecule has 0 aromatic heterocycles. The van der Waals surface area contributed by atoms with E-state index < -0.39 is 0 Å². The molecule has 180 valence electrons. The van der Waals surface area contributed by atoms with Gasteiger partial charge in [0.25, 0.3) is 0 Å². The molecule has 0 heteroatoms. The number of unbranched alkanes of at least 4 members (excludes halogenated alkanes) is 1. The molecule has 0 N–H and O–H groups in total. The Bertz CT molecular complexity index is 1130. The average Bonchev–Trinajstić information content (AvgIpc) is 3.13. The Hall–Kier alpha value is -2.34. The maximum absolute atomic E-state index is 2.59. The Morgan fingerprint density at radius 1 is 0.765 bits per heavy atom. The van der Waals surface area contributed by atoms with Gasteiger partial charge in [-0.15, -0.1) is 0 Å². The molecule has 0 radical (unpaired) electrons. The van der Waals surface area contributed by atoms with Crippen molar-refractivity contribution in [2.45, 2.75) is 104 Å². The minimum Gasteiger partial charge on any atom is -0.0654 e. The zero-order valence-corrected chi connectivity index (χ0v) is 22.6. The summed E-state index contributed by atoms with van der Waals surface area (Å²) in [4.78, 5) is 0. The first-order chi connectivity index (χ1) is 16.3. The van der Waals surface area contributed by atoms with Gasteiger partial charge in [-0.05, 0) is 82.9 Å². The summed E-state index contributed by atoms with van der Waals surface area (Å²) in [6.07, 6.45) is 7.14. The van der Waals surface area contributed by atoms with Crippen LogP contribution in [0.4, 0.5) is 0 Å². The third-order valence-electron chi connectivity index (χ3n) is 8.84. The van der Waals surface area contributed by atoms with E-state index in [-0.39, 0.29) is 10.8 Å². The quantitative estimate of drug-likeness (QED) is 0.303. The van der Waals surface area contributed by atoms with Crippen molar-refractivity contribution in [1.82, 2.24) is 0 Å². The molecule has 0 nitrogen and oxygen atoms in total. The van der Waals surface area contributed by atoms with E-state index in [1.807, 2.05) is 0 Å². The zero-order chi connectivity index (χ0) is 24.5. The highest BCUT2D eigenvalue weighted by atomic mass is 14.5. The van der Waals surface area contributed by atoms with E-state index in [0.29, 0.717) is 5.92 Å². The molecule has 1 aliphatic carbocycles. The van der Waals surface area contributed by atoms with Gasteiger partial charge in [0.15, 0.2) is 0 Å². The third kappa shape index (κ3) is 4.04. The molecular formula is C34H44. The van der Waals surface area contributed by atoms with Crippen molar-refractivity contribution >= 4 is 0 Å². The number of hydrogen-bond acceptors (Lipinski definition) is 0. The number of fused-ring (bicyclic) bond motifs is 3. The minimum atomic E-state index is -0.0732. The predicted octanol–water partition coefficient (Wildman–Crippen LogP) is 10.1. The Morgan fingerprint density at radius 3 is 1.97 bits per heavy atom. The summed E-state index contributed by atoms with van der Waals surface area (Å²) in [5, 5.41) is 0. The summed E-state index contributed by atoms with van der Waals surface area (Å²) in [6, 6.07) is 24.3.